The summed E-state index contributed by atoms with van der Waals surface area (Å²) in [5, 5.41) is 4.37. The van der Waals surface area contributed by atoms with Crippen molar-refractivity contribution in [3.63, 3.8) is 0 Å². The largest absolute Gasteiger partial charge is 0.298 e. The maximum absolute atomic E-state index is 10.7. The number of aldehydes is 1. The minimum Gasteiger partial charge on any atom is -0.298 e. The molecule has 0 aliphatic heterocycles. The first-order chi connectivity index (χ1) is 8.76. The second kappa shape index (κ2) is 4.34. The predicted molar refractivity (Wildman–Crippen MR) is 71.5 cm³/mol. The Balaban J connectivity index is 2.16. The fraction of sp³-hybridized carbons (Fsp3) is 0. The van der Waals surface area contributed by atoms with Gasteiger partial charge in [0.2, 0.25) is 0 Å². The number of hydrogen-bond donors (Lipinski definition) is 0. The Morgan fingerprint density at radius 2 is 2.11 bits per heavy atom. The fourth-order valence-corrected chi connectivity index (χ4v) is 2.12. The second-order valence-electron chi connectivity index (χ2n) is 3.83. The third-order valence-corrected chi connectivity index (χ3v) is 3.07. The van der Waals surface area contributed by atoms with Crippen LogP contribution in [0.5, 0.6) is 0 Å². The quantitative estimate of drug-likeness (QED) is 0.684. The summed E-state index contributed by atoms with van der Waals surface area (Å²) in [6, 6.07) is 11.2. The monoisotopic (exact) mass is 301 g/mol. The van der Waals surface area contributed by atoms with Gasteiger partial charge >= 0.3 is 0 Å². The topological polar surface area (TPSA) is 47.3 Å². The first-order valence-corrected chi connectivity index (χ1v) is 6.13. The molecule has 18 heavy (non-hydrogen) atoms. The number of pyridine rings is 1. The normalized spacial score (nSPS) is 10.7. The number of rotatable bonds is 2. The number of halogens is 1. The van der Waals surface area contributed by atoms with Crippen LogP contribution < -0.4 is 0 Å². The smallest absolute Gasteiger partial charge is 0.182 e. The molecule has 0 saturated heterocycles. The van der Waals surface area contributed by atoms with Crippen LogP contribution in [0, 0.1) is 0 Å². The summed E-state index contributed by atoms with van der Waals surface area (Å²) in [6.45, 7) is 0. The molecule has 2 heterocycles. The van der Waals surface area contributed by atoms with Crippen molar-refractivity contribution < 1.29 is 4.79 Å². The molecule has 0 bridgehead atoms. The van der Waals surface area contributed by atoms with E-state index in [2.05, 4.69) is 26.0 Å². The zero-order valence-corrected chi connectivity index (χ0v) is 10.8. The summed E-state index contributed by atoms with van der Waals surface area (Å²) in [4.78, 5) is 15.1. The van der Waals surface area contributed by atoms with Crippen molar-refractivity contribution in [3.8, 4) is 11.4 Å². The summed E-state index contributed by atoms with van der Waals surface area (Å²) >= 11 is 3.42. The Kier molecular flexibility index (Phi) is 2.68. The van der Waals surface area contributed by atoms with Crippen LogP contribution in [0.3, 0.4) is 0 Å². The summed E-state index contributed by atoms with van der Waals surface area (Å²) in [7, 11) is 0. The fourth-order valence-electron chi connectivity index (χ4n) is 1.72. The first kappa shape index (κ1) is 11.1. The summed E-state index contributed by atoms with van der Waals surface area (Å²) in [5.74, 6) is 0.638. The minimum absolute atomic E-state index is 0.593. The lowest BCUT2D eigenvalue weighted by Crippen LogP contribution is -1.88. The molecule has 0 radical (unpaired) electrons. The van der Waals surface area contributed by atoms with Crippen LogP contribution in [0.25, 0.3) is 17.0 Å². The third kappa shape index (κ3) is 1.93. The molecule has 0 N–H and O–H groups in total. The maximum atomic E-state index is 10.7. The number of hydrogen-bond acceptors (Lipinski definition) is 3. The highest BCUT2D eigenvalue weighted by molar-refractivity contribution is 9.10. The van der Waals surface area contributed by atoms with Gasteiger partial charge < -0.3 is 0 Å². The molecule has 0 saturated carbocycles. The Labute approximate surface area is 111 Å². The standard InChI is InChI=1S/C13H8BrN3O/c14-11-3-1-2-10(7-11)13-15-12-6-9(8-18)4-5-17(12)16-13/h1-8H. The number of carbonyl (C=O) groups excluding carboxylic acids is 1. The van der Waals surface area contributed by atoms with Crippen LogP contribution in [0.2, 0.25) is 0 Å². The van der Waals surface area contributed by atoms with E-state index >= 15 is 0 Å². The van der Waals surface area contributed by atoms with E-state index in [-0.39, 0.29) is 0 Å². The molecule has 5 heteroatoms. The lowest BCUT2D eigenvalue weighted by molar-refractivity contribution is 0.112. The zero-order valence-electron chi connectivity index (χ0n) is 9.25. The van der Waals surface area contributed by atoms with Crippen molar-refractivity contribution in [2.75, 3.05) is 0 Å². The Hall–Kier alpha value is -2.01. The van der Waals surface area contributed by atoms with Gasteiger partial charge in [-0.05, 0) is 24.3 Å². The molecule has 1 aromatic carbocycles. The van der Waals surface area contributed by atoms with E-state index in [1.54, 1.807) is 22.8 Å². The molecule has 0 unspecified atom stereocenters. The van der Waals surface area contributed by atoms with E-state index in [4.69, 9.17) is 0 Å². The third-order valence-electron chi connectivity index (χ3n) is 2.58. The highest BCUT2D eigenvalue weighted by Crippen LogP contribution is 2.20. The van der Waals surface area contributed by atoms with Crippen molar-refractivity contribution in [3.05, 3.63) is 52.6 Å². The van der Waals surface area contributed by atoms with Gasteiger partial charge in [0.1, 0.15) is 6.29 Å². The lowest BCUT2D eigenvalue weighted by atomic mass is 10.2. The van der Waals surface area contributed by atoms with Crippen molar-refractivity contribution in [1.82, 2.24) is 14.6 Å². The SMILES string of the molecule is O=Cc1ccn2nc(-c3cccc(Br)c3)nc2c1. The van der Waals surface area contributed by atoms with E-state index in [1.165, 1.54) is 0 Å². The van der Waals surface area contributed by atoms with Gasteiger partial charge in [-0.15, -0.1) is 5.10 Å². The van der Waals surface area contributed by atoms with E-state index in [1.807, 2.05) is 24.3 Å². The molecule has 0 aliphatic carbocycles. The Morgan fingerprint density at radius 1 is 1.22 bits per heavy atom. The van der Waals surface area contributed by atoms with Gasteiger partial charge in [-0.3, -0.25) is 4.79 Å². The number of fused-ring (bicyclic) bond motifs is 1. The van der Waals surface area contributed by atoms with Crippen molar-refractivity contribution in [1.29, 1.82) is 0 Å². The minimum atomic E-state index is 0.593. The van der Waals surface area contributed by atoms with Crippen LogP contribution in [0.4, 0.5) is 0 Å². The predicted octanol–water partition coefficient (Wildman–Crippen LogP) is 2.97. The molecule has 0 aliphatic rings. The van der Waals surface area contributed by atoms with Gasteiger partial charge in [0.05, 0.1) is 0 Å². The molecule has 0 amide bonds. The zero-order chi connectivity index (χ0) is 12.5. The number of nitrogens with zero attached hydrogens (tertiary/aromatic N) is 3. The lowest BCUT2D eigenvalue weighted by Gasteiger charge is -1.94. The van der Waals surface area contributed by atoms with Crippen molar-refractivity contribution in [2.24, 2.45) is 0 Å². The van der Waals surface area contributed by atoms with Gasteiger partial charge in [-0.1, -0.05) is 28.1 Å². The highest BCUT2D eigenvalue weighted by atomic mass is 79.9. The Morgan fingerprint density at radius 3 is 2.89 bits per heavy atom. The number of benzene rings is 1. The van der Waals surface area contributed by atoms with Crippen LogP contribution in [0.15, 0.2) is 47.1 Å². The Bertz CT molecular complexity index is 736. The molecule has 0 spiro atoms. The van der Waals surface area contributed by atoms with Gasteiger partial charge in [-0.2, -0.15) is 0 Å². The molecule has 88 valence electrons. The average molecular weight is 302 g/mol. The summed E-state index contributed by atoms with van der Waals surface area (Å²) < 4.78 is 2.64. The van der Waals surface area contributed by atoms with Crippen LogP contribution >= 0.6 is 15.9 Å². The van der Waals surface area contributed by atoms with Gasteiger partial charge in [0, 0.05) is 21.8 Å². The summed E-state index contributed by atoms with van der Waals surface area (Å²) in [6.07, 6.45) is 2.53. The van der Waals surface area contributed by atoms with E-state index in [0.717, 1.165) is 16.3 Å². The molecule has 0 fully saturated rings. The van der Waals surface area contributed by atoms with Crippen LogP contribution in [-0.4, -0.2) is 20.9 Å². The molecule has 4 nitrogen and oxygen atoms in total. The van der Waals surface area contributed by atoms with Crippen LogP contribution in [0.1, 0.15) is 10.4 Å². The van der Waals surface area contributed by atoms with Crippen molar-refractivity contribution >= 4 is 27.9 Å². The van der Waals surface area contributed by atoms with Gasteiger partial charge in [0.15, 0.2) is 11.5 Å². The number of carbonyl (C=O) groups is 1. The van der Waals surface area contributed by atoms with E-state index in [0.29, 0.717) is 17.0 Å². The van der Waals surface area contributed by atoms with Crippen LogP contribution in [-0.2, 0) is 0 Å². The first-order valence-electron chi connectivity index (χ1n) is 5.34. The molecule has 0 atom stereocenters. The van der Waals surface area contributed by atoms with E-state index < -0.39 is 0 Å². The highest BCUT2D eigenvalue weighted by Gasteiger charge is 2.06. The second-order valence-corrected chi connectivity index (χ2v) is 4.74. The summed E-state index contributed by atoms with van der Waals surface area (Å²) in [5.41, 5.74) is 2.19. The molecule has 3 aromatic rings. The van der Waals surface area contributed by atoms with Gasteiger partial charge in [-0.25, -0.2) is 9.50 Å². The average Bonchev–Trinajstić information content (AvgIpc) is 2.81. The molecule has 3 rings (SSSR count). The van der Waals surface area contributed by atoms with E-state index in [9.17, 15) is 4.79 Å². The number of aromatic nitrogens is 3. The molecule has 2 aromatic heterocycles. The van der Waals surface area contributed by atoms with Gasteiger partial charge in [0.25, 0.3) is 0 Å². The molecular formula is C13H8BrN3O. The van der Waals surface area contributed by atoms with Crippen molar-refractivity contribution in [2.45, 2.75) is 0 Å². The molecular weight excluding hydrogens is 294 g/mol. The maximum Gasteiger partial charge on any atom is 0.182 e.